The first-order valence-electron chi connectivity index (χ1n) is 5.44. The van der Waals surface area contributed by atoms with Crippen LogP contribution in [0.15, 0.2) is 54.6 Å². The van der Waals surface area contributed by atoms with E-state index in [4.69, 9.17) is 5.73 Å². The van der Waals surface area contributed by atoms with Crippen LogP contribution in [0.3, 0.4) is 0 Å². The molecule has 2 aromatic carbocycles. The molecule has 0 saturated heterocycles. The fourth-order valence-corrected chi connectivity index (χ4v) is 1.74. The molecule has 0 aromatic heterocycles. The summed E-state index contributed by atoms with van der Waals surface area (Å²) in [5.74, 6) is 0. The third-order valence-corrected chi connectivity index (χ3v) is 2.51. The number of amides is 2. The number of primary amides is 1. The van der Waals surface area contributed by atoms with Gasteiger partial charge in [0.2, 0.25) is 0 Å². The highest BCUT2D eigenvalue weighted by molar-refractivity contribution is 5.88. The largest absolute Gasteiger partial charge is 0.351 e. The number of hydrogen-bond acceptors (Lipinski definition) is 1. The summed E-state index contributed by atoms with van der Waals surface area (Å²) in [7, 11) is 0. The molecule has 0 fully saturated rings. The van der Waals surface area contributed by atoms with Crippen LogP contribution in [0.2, 0.25) is 0 Å². The fraction of sp³-hybridized carbons (Fsp3) is 0.0714. The van der Waals surface area contributed by atoms with E-state index in [2.05, 4.69) is 17.4 Å². The van der Waals surface area contributed by atoms with Crippen LogP contribution in [0, 0.1) is 0 Å². The standard InChI is InChI=1S/C14H14N2O/c15-14(17)16-13-9-5-4-8-12(13)10-11-6-2-1-3-7-11/h1-9H,10H2,(H3,15,16,17). The lowest BCUT2D eigenvalue weighted by Gasteiger charge is -2.09. The quantitative estimate of drug-likeness (QED) is 0.830. The summed E-state index contributed by atoms with van der Waals surface area (Å²) in [5.41, 5.74) is 8.16. The molecule has 3 N–H and O–H groups in total. The van der Waals surface area contributed by atoms with Gasteiger partial charge in [0.15, 0.2) is 0 Å². The lowest BCUT2D eigenvalue weighted by molar-refractivity contribution is 0.259. The predicted molar refractivity (Wildman–Crippen MR) is 68.9 cm³/mol. The Morgan fingerprint density at radius 1 is 1.00 bits per heavy atom. The lowest BCUT2D eigenvalue weighted by Crippen LogP contribution is -2.20. The second-order valence-electron chi connectivity index (χ2n) is 3.81. The van der Waals surface area contributed by atoms with Crippen molar-refractivity contribution in [2.75, 3.05) is 5.32 Å². The Morgan fingerprint density at radius 2 is 1.65 bits per heavy atom. The summed E-state index contributed by atoms with van der Waals surface area (Å²) in [5, 5.41) is 2.63. The van der Waals surface area contributed by atoms with E-state index in [0.29, 0.717) is 0 Å². The van der Waals surface area contributed by atoms with Crippen molar-refractivity contribution in [3.05, 3.63) is 65.7 Å². The Hall–Kier alpha value is -2.29. The van der Waals surface area contributed by atoms with Crippen molar-refractivity contribution < 1.29 is 4.79 Å². The van der Waals surface area contributed by atoms with Crippen molar-refractivity contribution in [1.82, 2.24) is 0 Å². The number of nitrogens with two attached hydrogens (primary N) is 1. The van der Waals surface area contributed by atoms with E-state index in [9.17, 15) is 4.79 Å². The number of hydrogen-bond donors (Lipinski definition) is 2. The summed E-state index contributed by atoms with van der Waals surface area (Å²) >= 11 is 0. The molecule has 0 aliphatic heterocycles. The van der Waals surface area contributed by atoms with Crippen LogP contribution in [0.5, 0.6) is 0 Å². The summed E-state index contributed by atoms with van der Waals surface area (Å²) in [6.45, 7) is 0. The molecule has 0 atom stereocenters. The first-order chi connectivity index (χ1) is 8.25. The highest BCUT2D eigenvalue weighted by atomic mass is 16.2. The minimum absolute atomic E-state index is 0.537. The third-order valence-electron chi connectivity index (χ3n) is 2.51. The van der Waals surface area contributed by atoms with Crippen LogP contribution >= 0.6 is 0 Å². The Labute approximate surface area is 100 Å². The van der Waals surface area contributed by atoms with Gasteiger partial charge in [-0.25, -0.2) is 4.79 Å². The molecule has 0 aliphatic rings. The second kappa shape index (κ2) is 5.16. The van der Waals surface area contributed by atoms with Crippen LogP contribution in [0.4, 0.5) is 10.5 Å². The van der Waals surface area contributed by atoms with Crippen molar-refractivity contribution in [3.8, 4) is 0 Å². The SMILES string of the molecule is NC(=O)Nc1ccccc1Cc1ccccc1. The van der Waals surface area contributed by atoms with Crippen molar-refractivity contribution in [3.63, 3.8) is 0 Å². The van der Waals surface area contributed by atoms with Crippen molar-refractivity contribution >= 4 is 11.7 Å². The molecule has 0 spiro atoms. The average molecular weight is 226 g/mol. The zero-order valence-electron chi connectivity index (χ0n) is 9.39. The van der Waals surface area contributed by atoms with Crippen molar-refractivity contribution in [2.45, 2.75) is 6.42 Å². The molecule has 2 aromatic rings. The number of benzene rings is 2. The van der Waals surface area contributed by atoms with Gasteiger partial charge in [0.1, 0.15) is 0 Å². The lowest BCUT2D eigenvalue weighted by atomic mass is 10.0. The maximum absolute atomic E-state index is 10.9. The molecule has 0 aliphatic carbocycles. The maximum atomic E-state index is 10.9. The molecule has 0 saturated carbocycles. The molecule has 17 heavy (non-hydrogen) atoms. The van der Waals surface area contributed by atoms with E-state index in [1.807, 2.05) is 42.5 Å². The summed E-state index contributed by atoms with van der Waals surface area (Å²) in [6.07, 6.45) is 0.775. The van der Waals surface area contributed by atoms with Gasteiger partial charge in [-0.05, 0) is 23.6 Å². The van der Waals surface area contributed by atoms with E-state index >= 15 is 0 Å². The molecule has 0 unspecified atom stereocenters. The van der Waals surface area contributed by atoms with Crippen LogP contribution in [-0.4, -0.2) is 6.03 Å². The van der Waals surface area contributed by atoms with Gasteiger partial charge in [0.05, 0.1) is 0 Å². The summed E-state index contributed by atoms with van der Waals surface area (Å²) < 4.78 is 0. The number of carbonyl (C=O) groups excluding carboxylic acids is 1. The van der Waals surface area contributed by atoms with Gasteiger partial charge in [0, 0.05) is 5.69 Å². The highest BCUT2D eigenvalue weighted by Gasteiger charge is 2.04. The van der Waals surface area contributed by atoms with Gasteiger partial charge in [-0.2, -0.15) is 0 Å². The van der Waals surface area contributed by atoms with Crippen molar-refractivity contribution in [2.24, 2.45) is 5.73 Å². The van der Waals surface area contributed by atoms with Crippen LogP contribution in [0.1, 0.15) is 11.1 Å². The molecule has 3 heteroatoms. The smallest absolute Gasteiger partial charge is 0.316 e. The predicted octanol–water partition coefficient (Wildman–Crippen LogP) is 2.77. The minimum Gasteiger partial charge on any atom is -0.351 e. The number of para-hydroxylation sites is 1. The Kier molecular flexibility index (Phi) is 3.40. The first kappa shape index (κ1) is 11.2. The van der Waals surface area contributed by atoms with Crippen LogP contribution in [-0.2, 0) is 6.42 Å². The van der Waals surface area contributed by atoms with Gasteiger partial charge in [-0.1, -0.05) is 48.5 Å². The summed E-state index contributed by atoms with van der Waals surface area (Å²) in [6, 6.07) is 17.2. The van der Waals surface area contributed by atoms with Gasteiger partial charge < -0.3 is 11.1 Å². The van der Waals surface area contributed by atoms with Gasteiger partial charge in [-0.3, -0.25) is 0 Å². The van der Waals surface area contributed by atoms with Gasteiger partial charge in [0.25, 0.3) is 0 Å². The van der Waals surface area contributed by atoms with Crippen molar-refractivity contribution in [1.29, 1.82) is 0 Å². The van der Waals surface area contributed by atoms with E-state index in [0.717, 1.165) is 17.7 Å². The molecular formula is C14H14N2O. The number of urea groups is 1. The summed E-state index contributed by atoms with van der Waals surface area (Å²) in [4.78, 5) is 10.9. The van der Waals surface area contributed by atoms with Crippen LogP contribution < -0.4 is 11.1 Å². The van der Waals surface area contributed by atoms with Gasteiger partial charge in [-0.15, -0.1) is 0 Å². The zero-order valence-corrected chi connectivity index (χ0v) is 9.39. The van der Waals surface area contributed by atoms with E-state index in [1.54, 1.807) is 0 Å². The Balaban J connectivity index is 2.23. The normalized spacial score (nSPS) is 9.88. The van der Waals surface area contributed by atoms with E-state index in [1.165, 1.54) is 5.56 Å². The monoisotopic (exact) mass is 226 g/mol. The molecule has 0 bridgehead atoms. The average Bonchev–Trinajstić information content (AvgIpc) is 2.32. The van der Waals surface area contributed by atoms with Gasteiger partial charge >= 0.3 is 6.03 Å². The number of nitrogens with one attached hydrogen (secondary N) is 1. The van der Waals surface area contributed by atoms with E-state index in [-0.39, 0.29) is 0 Å². The molecule has 86 valence electrons. The third kappa shape index (κ3) is 3.08. The highest BCUT2D eigenvalue weighted by Crippen LogP contribution is 2.18. The topological polar surface area (TPSA) is 55.1 Å². The zero-order chi connectivity index (χ0) is 12.1. The Bertz CT molecular complexity index is 509. The first-order valence-corrected chi connectivity index (χ1v) is 5.44. The molecule has 0 heterocycles. The molecular weight excluding hydrogens is 212 g/mol. The number of anilines is 1. The number of carbonyl (C=O) groups is 1. The fourth-order valence-electron chi connectivity index (χ4n) is 1.74. The number of rotatable bonds is 3. The molecule has 2 rings (SSSR count). The molecule has 3 nitrogen and oxygen atoms in total. The van der Waals surface area contributed by atoms with Crippen LogP contribution in [0.25, 0.3) is 0 Å². The maximum Gasteiger partial charge on any atom is 0.316 e. The molecule has 2 amide bonds. The second-order valence-corrected chi connectivity index (χ2v) is 3.81. The minimum atomic E-state index is -0.537. The molecule has 0 radical (unpaired) electrons. The van der Waals surface area contributed by atoms with E-state index < -0.39 is 6.03 Å². The Morgan fingerprint density at radius 3 is 2.35 bits per heavy atom.